The molecular weight excluding hydrogens is 198 g/mol. The minimum absolute atomic E-state index is 0.182. The van der Waals surface area contributed by atoms with E-state index in [4.69, 9.17) is 9.84 Å². The van der Waals surface area contributed by atoms with E-state index in [1.54, 1.807) is 0 Å². The molecule has 0 saturated carbocycles. The van der Waals surface area contributed by atoms with Gasteiger partial charge in [0.25, 0.3) is 0 Å². The van der Waals surface area contributed by atoms with Crippen LogP contribution < -0.4 is 5.32 Å². The summed E-state index contributed by atoms with van der Waals surface area (Å²) in [6.45, 7) is -0.240. The van der Waals surface area contributed by atoms with E-state index in [2.05, 4.69) is 5.32 Å². The molecule has 0 aromatic heterocycles. The Balaban J connectivity index is 2.19. The van der Waals surface area contributed by atoms with Crippen LogP contribution in [0.2, 0.25) is 0 Å². The van der Waals surface area contributed by atoms with Crippen molar-refractivity contribution >= 4 is 12.1 Å². The van der Waals surface area contributed by atoms with Gasteiger partial charge in [0, 0.05) is 0 Å². The van der Waals surface area contributed by atoms with E-state index in [1.807, 2.05) is 18.2 Å². The van der Waals surface area contributed by atoms with Crippen molar-refractivity contribution in [2.24, 2.45) is 0 Å². The molecule has 0 fully saturated rings. The third-order valence-electron chi connectivity index (χ3n) is 1.83. The Morgan fingerprint density at radius 3 is 2.87 bits per heavy atom. The second-order valence-corrected chi connectivity index (χ2v) is 3.08. The number of amides is 1. The van der Waals surface area contributed by atoms with Crippen LogP contribution in [0.25, 0.3) is 0 Å². The molecule has 82 valence electrons. The van der Waals surface area contributed by atoms with Crippen LogP contribution in [0.4, 0.5) is 4.79 Å². The van der Waals surface area contributed by atoms with Crippen molar-refractivity contribution in [1.82, 2.24) is 5.32 Å². The molecule has 1 aliphatic carbocycles. The number of carbonyl (C=O) groups is 2. The number of ether oxygens (including phenoxy) is 1. The summed E-state index contributed by atoms with van der Waals surface area (Å²) in [7, 11) is 0. The lowest BCUT2D eigenvalue weighted by atomic mass is 10.1. The first kappa shape index (κ1) is 11.3. The maximum Gasteiger partial charge on any atom is 0.407 e. The SMILES string of the molecule is O=C(O)CNC(=O)OCC1=CCCC=C1. The molecule has 2 N–H and O–H groups in total. The molecule has 0 aliphatic heterocycles. The number of carboxylic acid groups (broad SMARTS) is 1. The number of hydrogen-bond donors (Lipinski definition) is 2. The van der Waals surface area contributed by atoms with Crippen molar-refractivity contribution in [3.63, 3.8) is 0 Å². The quantitative estimate of drug-likeness (QED) is 0.729. The number of carboxylic acids is 1. The van der Waals surface area contributed by atoms with Crippen molar-refractivity contribution in [2.75, 3.05) is 13.2 Å². The van der Waals surface area contributed by atoms with Crippen LogP contribution >= 0.6 is 0 Å². The average Bonchev–Trinajstić information content (AvgIpc) is 2.25. The van der Waals surface area contributed by atoms with Crippen molar-refractivity contribution in [2.45, 2.75) is 12.8 Å². The molecule has 0 bridgehead atoms. The Kier molecular flexibility index (Phi) is 4.40. The largest absolute Gasteiger partial charge is 0.480 e. The molecule has 5 nitrogen and oxygen atoms in total. The molecule has 5 heteroatoms. The number of carbonyl (C=O) groups excluding carboxylic acids is 1. The number of aliphatic carboxylic acids is 1. The minimum atomic E-state index is -1.09. The zero-order chi connectivity index (χ0) is 11.1. The monoisotopic (exact) mass is 211 g/mol. The molecule has 0 radical (unpaired) electrons. The third kappa shape index (κ3) is 4.85. The Hall–Kier alpha value is -1.78. The van der Waals surface area contributed by atoms with Gasteiger partial charge in [-0.1, -0.05) is 18.2 Å². The van der Waals surface area contributed by atoms with E-state index in [9.17, 15) is 9.59 Å². The number of rotatable bonds is 4. The van der Waals surface area contributed by atoms with Gasteiger partial charge in [0.2, 0.25) is 0 Å². The van der Waals surface area contributed by atoms with E-state index in [-0.39, 0.29) is 6.61 Å². The number of allylic oxidation sites excluding steroid dienone is 2. The van der Waals surface area contributed by atoms with Crippen LogP contribution in [0.1, 0.15) is 12.8 Å². The van der Waals surface area contributed by atoms with Gasteiger partial charge in [-0.25, -0.2) is 4.79 Å². The maximum absolute atomic E-state index is 10.9. The molecule has 0 saturated heterocycles. The van der Waals surface area contributed by atoms with Crippen LogP contribution in [0, 0.1) is 0 Å². The van der Waals surface area contributed by atoms with Gasteiger partial charge in [-0.2, -0.15) is 0 Å². The fourth-order valence-electron chi connectivity index (χ4n) is 1.12. The van der Waals surface area contributed by atoms with Gasteiger partial charge in [-0.3, -0.25) is 4.79 Å². The van der Waals surface area contributed by atoms with Gasteiger partial charge in [0.1, 0.15) is 13.2 Å². The standard InChI is InChI=1S/C10H13NO4/c12-9(13)6-11-10(14)15-7-8-4-2-1-3-5-8/h2,4-5H,1,3,6-7H2,(H,11,14)(H,12,13). The molecule has 0 aromatic rings. The van der Waals surface area contributed by atoms with E-state index in [0.29, 0.717) is 0 Å². The zero-order valence-corrected chi connectivity index (χ0v) is 8.23. The lowest BCUT2D eigenvalue weighted by Crippen LogP contribution is -2.30. The zero-order valence-electron chi connectivity index (χ0n) is 8.23. The Labute approximate surface area is 87.4 Å². The first-order valence-corrected chi connectivity index (χ1v) is 4.66. The average molecular weight is 211 g/mol. The second kappa shape index (κ2) is 5.85. The van der Waals surface area contributed by atoms with Gasteiger partial charge in [-0.05, 0) is 18.4 Å². The Morgan fingerprint density at radius 2 is 2.27 bits per heavy atom. The highest BCUT2D eigenvalue weighted by molar-refractivity contribution is 5.76. The summed E-state index contributed by atoms with van der Waals surface area (Å²) in [6.07, 6.45) is 7.14. The smallest absolute Gasteiger partial charge is 0.407 e. The van der Waals surface area contributed by atoms with Gasteiger partial charge in [-0.15, -0.1) is 0 Å². The van der Waals surface area contributed by atoms with E-state index >= 15 is 0 Å². The van der Waals surface area contributed by atoms with E-state index in [1.165, 1.54) is 0 Å². The van der Waals surface area contributed by atoms with Crippen molar-refractivity contribution in [1.29, 1.82) is 0 Å². The number of nitrogens with one attached hydrogen (secondary N) is 1. The van der Waals surface area contributed by atoms with Crippen LogP contribution in [0.5, 0.6) is 0 Å². The highest BCUT2D eigenvalue weighted by atomic mass is 16.5. The molecule has 0 aromatic carbocycles. The molecule has 15 heavy (non-hydrogen) atoms. The summed E-state index contributed by atoms with van der Waals surface area (Å²) in [5.74, 6) is -1.09. The molecule has 0 atom stereocenters. The van der Waals surface area contributed by atoms with Gasteiger partial charge < -0.3 is 15.2 Å². The van der Waals surface area contributed by atoms with Gasteiger partial charge >= 0.3 is 12.1 Å². The molecule has 1 rings (SSSR count). The summed E-state index contributed by atoms with van der Waals surface area (Å²) in [5, 5.41) is 10.4. The predicted octanol–water partition coefficient (Wildman–Crippen LogP) is 1.07. The van der Waals surface area contributed by atoms with Gasteiger partial charge in [0.15, 0.2) is 0 Å². The van der Waals surface area contributed by atoms with Crippen molar-refractivity contribution < 1.29 is 19.4 Å². The number of alkyl carbamates (subject to hydrolysis) is 1. The minimum Gasteiger partial charge on any atom is -0.480 e. The molecule has 1 aliphatic rings. The molecule has 0 unspecified atom stereocenters. The maximum atomic E-state index is 10.9. The third-order valence-corrected chi connectivity index (χ3v) is 1.83. The normalized spacial score (nSPS) is 14.3. The van der Waals surface area contributed by atoms with Crippen molar-refractivity contribution in [3.8, 4) is 0 Å². The summed E-state index contributed by atoms with van der Waals surface area (Å²) >= 11 is 0. The molecule has 0 spiro atoms. The van der Waals surface area contributed by atoms with Crippen LogP contribution in [-0.4, -0.2) is 30.3 Å². The first-order valence-electron chi connectivity index (χ1n) is 4.66. The fourth-order valence-corrected chi connectivity index (χ4v) is 1.12. The molecular formula is C10H13NO4. The van der Waals surface area contributed by atoms with Crippen LogP contribution in [-0.2, 0) is 9.53 Å². The Bertz CT molecular complexity index is 307. The van der Waals surface area contributed by atoms with Crippen LogP contribution in [0.15, 0.2) is 23.8 Å². The molecule has 0 heterocycles. The summed E-state index contributed by atoms with van der Waals surface area (Å²) < 4.78 is 4.80. The predicted molar refractivity (Wildman–Crippen MR) is 53.4 cm³/mol. The van der Waals surface area contributed by atoms with Crippen molar-refractivity contribution in [3.05, 3.63) is 23.8 Å². The fraction of sp³-hybridized carbons (Fsp3) is 0.400. The summed E-state index contributed by atoms with van der Waals surface area (Å²) in [6, 6.07) is 0. The lowest BCUT2D eigenvalue weighted by Gasteiger charge is -2.08. The second-order valence-electron chi connectivity index (χ2n) is 3.08. The van der Waals surface area contributed by atoms with E-state index in [0.717, 1.165) is 18.4 Å². The summed E-state index contributed by atoms with van der Waals surface area (Å²) in [4.78, 5) is 21.1. The summed E-state index contributed by atoms with van der Waals surface area (Å²) in [5.41, 5.74) is 0.937. The van der Waals surface area contributed by atoms with E-state index < -0.39 is 18.6 Å². The van der Waals surface area contributed by atoms with Crippen LogP contribution in [0.3, 0.4) is 0 Å². The Morgan fingerprint density at radius 1 is 1.47 bits per heavy atom. The first-order chi connectivity index (χ1) is 7.18. The number of hydrogen-bond acceptors (Lipinski definition) is 3. The highest BCUT2D eigenvalue weighted by Crippen LogP contribution is 2.09. The lowest BCUT2D eigenvalue weighted by molar-refractivity contribution is -0.135. The van der Waals surface area contributed by atoms with Gasteiger partial charge in [0.05, 0.1) is 0 Å². The topological polar surface area (TPSA) is 75.6 Å². The highest BCUT2D eigenvalue weighted by Gasteiger charge is 2.05. The molecule has 1 amide bonds.